The Bertz CT molecular complexity index is 710. The molecule has 1 aromatic heterocycles. The van der Waals surface area contributed by atoms with E-state index in [1.54, 1.807) is 6.92 Å². The summed E-state index contributed by atoms with van der Waals surface area (Å²) >= 11 is 0.890. The molecule has 0 saturated carbocycles. The number of nitrogens with zero attached hydrogens (tertiary/aromatic N) is 2. The number of hydrogen-bond donors (Lipinski definition) is 2. The SMILES string of the molecule is Cc1ccc(S(=O)(=O)Nc2cnns2)cc1C(=O)O. The molecule has 1 heterocycles. The van der Waals surface area contributed by atoms with E-state index in [1.807, 2.05) is 0 Å². The van der Waals surface area contributed by atoms with E-state index in [9.17, 15) is 13.2 Å². The van der Waals surface area contributed by atoms with Crippen LogP contribution >= 0.6 is 11.5 Å². The molecular formula is C10H9N3O4S2. The molecule has 0 saturated heterocycles. The molecule has 100 valence electrons. The Kier molecular flexibility index (Phi) is 3.49. The Hall–Kier alpha value is -2.00. The zero-order valence-corrected chi connectivity index (χ0v) is 11.3. The lowest BCUT2D eigenvalue weighted by Crippen LogP contribution is -2.13. The first-order valence-electron chi connectivity index (χ1n) is 5.04. The van der Waals surface area contributed by atoms with E-state index in [0.29, 0.717) is 5.56 Å². The zero-order chi connectivity index (χ0) is 14.0. The predicted octanol–water partition coefficient (Wildman–Crippen LogP) is 1.35. The minimum absolute atomic E-state index is 0.0506. The van der Waals surface area contributed by atoms with Crippen LogP contribution in [0.3, 0.4) is 0 Å². The maximum Gasteiger partial charge on any atom is 0.335 e. The Balaban J connectivity index is 2.41. The Labute approximate surface area is 113 Å². The smallest absolute Gasteiger partial charge is 0.335 e. The lowest BCUT2D eigenvalue weighted by Gasteiger charge is -2.07. The highest BCUT2D eigenvalue weighted by Crippen LogP contribution is 2.20. The number of rotatable bonds is 4. The quantitative estimate of drug-likeness (QED) is 0.881. The second kappa shape index (κ2) is 4.94. The third kappa shape index (κ3) is 2.88. The van der Waals surface area contributed by atoms with Crippen molar-refractivity contribution in [2.75, 3.05) is 4.72 Å². The molecule has 9 heteroatoms. The van der Waals surface area contributed by atoms with Gasteiger partial charge in [0.25, 0.3) is 10.0 Å². The van der Waals surface area contributed by atoms with Gasteiger partial charge < -0.3 is 5.11 Å². The molecule has 0 unspecified atom stereocenters. The molecule has 0 aliphatic heterocycles. The summed E-state index contributed by atoms with van der Waals surface area (Å²) in [6.45, 7) is 1.60. The van der Waals surface area contributed by atoms with Crippen LogP contribution in [-0.2, 0) is 10.0 Å². The molecule has 1 aromatic carbocycles. The van der Waals surface area contributed by atoms with Crippen LogP contribution in [0.5, 0.6) is 0 Å². The van der Waals surface area contributed by atoms with Crippen molar-refractivity contribution in [3.8, 4) is 0 Å². The number of nitrogens with one attached hydrogen (secondary N) is 1. The van der Waals surface area contributed by atoms with E-state index in [2.05, 4.69) is 14.3 Å². The van der Waals surface area contributed by atoms with E-state index in [0.717, 1.165) is 17.6 Å². The molecule has 0 aliphatic rings. The van der Waals surface area contributed by atoms with E-state index in [4.69, 9.17) is 5.11 Å². The van der Waals surface area contributed by atoms with Gasteiger partial charge in [0.05, 0.1) is 16.7 Å². The summed E-state index contributed by atoms with van der Waals surface area (Å²) in [6, 6.07) is 3.91. The summed E-state index contributed by atoms with van der Waals surface area (Å²) in [5.41, 5.74) is 0.441. The minimum atomic E-state index is -3.84. The van der Waals surface area contributed by atoms with Crippen LogP contribution in [0.15, 0.2) is 29.3 Å². The van der Waals surface area contributed by atoms with Gasteiger partial charge in [0.2, 0.25) is 0 Å². The van der Waals surface area contributed by atoms with Gasteiger partial charge >= 0.3 is 5.97 Å². The number of anilines is 1. The standard InChI is InChI=1S/C10H9N3O4S2/c1-6-2-3-7(4-8(6)10(14)15)19(16,17)12-9-5-11-13-18-9/h2-5,12H,1H3,(H,14,15). The third-order valence-corrected chi connectivity index (χ3v) is 4.42. The average Bonchev–Trinajstić information content (AvgIpc) is 2.80. The van der Waals surface area contributed by atoms with Gasteiger partial charge in [-0.1, -0.05) is 10.6 Å². The summed E-state index contributed by atoms with van der Waals surface area (Å²) in [5, 5.41) is 12.7. The van der Waals surface area contributed by atoms with Crippen molar-refractivity contribution in [1.82, 2.24) is 9.59 Å². The number of aryl methyl sites for hydroxylation is 1. The largest absolute Gasteiger partial charge is 0.478 e. The van der Waals surface area contributed by atoms with Gasteiger partial charge in [0, 0.05) is 11.5 Å². The molecule has 2 N–H and O–H groups in total. The Morgan fingerprint density at radius 3 is 2.74 bits per heavy atom. The van der Waals surface area contributed by atoms with Gasteiger partial charge in [-0.25, -0.2) is 13.2 Å². The lowest BCUT2D eigenvalue weighted by atomic mass is 10.1. The molecule has 19 heavy (non-hydrogen) atoms. The monoisotopic (exact) mass is 299 g/mol. The number of sulfonamides is 1. The molecule has 0 fully saturated rings. The van der Waals surface area contributed by atoms with E-state index < -0.39 is 16.0 Å². The van der Waals surface area contributed by atoms with Gasteiger partial charge in [-0.2, -0.15) is 0 Å². The first kappa shape index (κ1) is 13.4. The van der Waals surface area contributed by atoms with E-state index in [-0.39, 0.29) is 15.5 Å². The minimum Gasteiger partial charge on any atom is -0.478 e. The van der Waals surface area contributed by atoms with Crippen molar-refractivity contribution >= 4 is 32.5 Å². The van der Waals surface area contributed by atoms with Crippen molar-refractivity contribution in [3.63, 3.8) is 0 Å². The molecule has 0 amide bonds. The molecule has 0 spiro atoms. The number of aromatic nitrogens is 2. The molecule has 0 bridgehead atoms. The number of aromatic carboxylic acids is 1. The molecular weight excluding hydrogens is 290 g/mol. The fourth-order valence-corrected chi connectivity index (χ4v) is 3.11. The number of carboxylic acid groups (broad SMARTS) is 1. The molecule has 0 radical (unpaired) electrons. The second-order valence-corrected chi connectivity index (χ2v) is 6.14. The normalized spacial score (nSPS) is 11.2. The van der Waals surface area contributed by atoms with Crippen LogP contribution in [0.1, 0.15) is 15.9 Å². The molecule has 2 rings (SSSR count). The fourth-order valence-electron chi connectivity index (χ4n) is 1.40. The van der Waals surface area contributed by atoms with Gasteiger partial charge in [-0.3, -0.25) is 4.72 Å². The van der Waals surface area contributed by atoms with Crippen LogP contribution in [-0.4, -0.2) is 29.1 Å². The maximum atomic E-state index is 12.0. The first-order valence-corrected chi connectivity index (χ1v) is 7.30. The van der Waals surface area contributed by atoms with Crippen molar-refractivity contribution in [2.45, 2.75) is 11.8 Å². The summed E-state index contributed by atoms with van der Waals surface area (Å²) in [5.74, 6) is -1.17. The number of benzene rings is 1. The fraction of sp³-hybridized carbons (Fsp3) is 0.100. The molecule has 2 aromatic rings. The van der Waals surface area contributed by atoms with Crippen LogP contribution in [0.2, 0.25) is 0 Å². The second-order valence-electron chi connectivity index (χ2n) is 3.67. The summed E-state index contributed by atoms with van der Waals surface area (Å²) in [7, 11) is -3.84. The van der Waals surface area contributed by atoms with Crippen LogP contribution in [0.4, 0.5) is 5.00 Å². The van der Waals surface area contributed by atoms with Crippen molar-refractivity contribution < 1.29 is 18.3 Å². The first-order chi connectivity index (χ1) is 8.90. The topological polar surface area (TPSA) is 109 Å². The Morgan fingerprint density at radius 2 is 2.16 bits per heavy atom. The van der Waals surface area contributed by atoms with Crippen molar-refractivity contribution in [3.05, 3.63) is 35.5 Å². The summed E-state index contributed by atoms with van der Waals surface area (Å²) in [4.78, 5) is 10.9. The average molecular weight is 299 g/mol. The van der Waals surface area contributed by atoms with Crippen LogP contribution in [0, 0.1) is 6.92 Å². The highest BCUT2D eigenvalue weighted by atomic mass is 32.2. The van der Waals surface area contributed by atoms with Gasteiger partial charge in [0.1, 0.15) is 5.00 Å². The number of carbonyl (C=O) groups is 1. The van der Waals surface area contributed by atoms with Gasteiger partial charge in [0.15, 0.2) is 0 Å². The number of carboxylic acids is 1. The molecule has 7 nitrogen and oxygen atoms in total. The van der Waals surface area contributed by atoms with Gasteiger partial charge in [-0.05, 0) is 24.6 Å². The highest BCUT2D eigenvalue weighted by Gasteiger charge is 2.18. The summed E-state index contributed by atoms with van der Waals surface area (Å²) < 4.78 is 29.9. The summed E-state index contributed by atoms with van der Waals surface area (Å²) in [6.07, 6.45) is 1.27. The third-order valence-electron chi connectivity index (χ3n) is 2.35. The van der Waals surface area contributed by atoms with Crippen molar-refractivity contribution in [1.29, 1.82) is 0 Å². The molecule has 0 atom stereocenters. The van der Waals surface area contributed by atoms with E-state index >= 15 is 0 Å². The number of hydrogen-bond acceptors (Lipinski definition) is 6. The van der Waals surface area contributed by atoms with Gasteiger partial charge in [-0.15, -0.1) is 5.10 Å². The Morgan fingerprint density at radius 1 is 1.42 bits per heavy atom. The predicted molar refractivity (Wildman–Crippen MR) is 68.9 cm³/mol. The van der Waals surface area contributed by atoms with Crippen LogP contribution < -0.4 is 4.72 Å². The highest BCUT2D eigenvalue weighted by molar-refractivity contribution is 7.93. The molecule has 0 aliphatic carbocycles. The maximum absolute atomic E-state index is 12.0. The zero-order valence-electron chi connectivity index (χ0n) is 9.69. The van der Waals surface area contributed by atoms with Crippen molar-refractivity contribution in [2.24, 2.45) is 0 Å². The van der Waals surface area contributed by atoms with E-state index in [1.165, 1.54) is 18.3 Å². The lowest BCUT2D eigenvalue weighted by molar-refractivity contribution is 0.0696. The van der Waals surface area contributed by atoms with Crippen LogP contribution in [0.25, 0.3) is 0 Å².